The SMILES string of the molecule is COC(=O)Cc1c(C)n(C(=O)OCc2ccccc2)c2cc3c(CC(=O)OC)c(C)n(C(=O)OCc4ccccc4)c3cc12. The van der Waals surface area contributed by atoms with E-state index >= 15 is 0 Å². The van der Waals surface area contributed by atoms with Gasteiger partial charge in [-0.15, -0.1) is 0 Å². The Morgan fingerprint density at radius 1 is 0.591 bits per heavy atom. The molecular weight excluding hydrogens is 564 g/mol. The van der Waals surface area contributed by atoms with Crippen molar-refractivity contribution in [1.29, 1.82) is 0 Å². The predicted molar refractivity (Wildman–Crippen MR) is 162 cm³/mol. The van der Waals surface area contributed by atoms with Gasteiger partial charge in [0.2, 0.25) is 0 Å². The summed E-state index contributed by atoms with van der Waals surface area (Å²) in [7, 11) is 2.58. The molecule has 5 aromatic rings. The lowest BCUT2D eigenvalue weighted by Gasteiger charge is -2.10. The van der Waals surface area contributed by atoms with Crippen LogP contribution in [-0.2, 0) is 54.6 Å². The number of carbonyl (C=O) groups excluding carboxylic acids is 4. The molecule has 0 unspecified atom stereocenters. The standard InChI is InChI=1S/C34H32N2O8/c1-21-25(17-31(37)41-3)27-15-30-28(16-29(27)35(21)33(39)43-19-23-11-7-5-8-12-23)26(18-32(38)42-4)22(2)36(30)34(40)44-20-24-13-9-6-10-14-24/h5-16H,17-20H2,1-4H3. The van der Waals surface area contributed by atoms with Gasteiger partial charge in [0, 0.05) is 22.2 Å². The van der Waals surface area contributed by atoms with Gasteiger partial charge in [0.25, 0.3) is 0 Å². The summed E-state index contributed by atoms with van der Waals surface area (Å²) < 4.78 is 24.0. The second-order valence-electron chi connectivity index (χ2n) is 10.3. The number of methoxy groups -OCH3 is 2. The fourth-order valence-corrected chi connectivity index (χ4v) is 5.37. The Hall–Kier alpha value is -5.38. The first-order valence-corrected chi connectivity index (χ1v) is 14.0. The first-order valence-electron chi connectivity index (χ1n) is 14.0. The molecule has 5 rings (SSSR count). The Morgan fingerprint density at radius 3 is 1.30 bits per heavy atom. The molecule has 0 aliphatic heterocycles. The second-order valence-corrected chi connectivity index (χ2v) is 10.3. The average Bonchev–Trinajstić information content (AvgIpc) is 3.46. The molecule has 0 saturated carbocycles. The highest BCUT2D eigenvalue weighted by Crippen LogP contribution is 2.35. The summed E-state index contributed by atoms with van der Waals surface area (Å²) in [5, 5.41) is 1.10. The van der Waals surface area contributed by atoms with Crippen LogP contribution in [-0.4, -0.2) is 47.5 Å². The summed E-state index contributed by atoms with van der Waals surface area (Å²) in [6.45, 7) is 3.53. The normalized spacial score (nSPS) is 11.0. The van der Waals surface area contributed by atoms with Crippen LogP contribution in [0.15, 0.2) is 72.8 Å². The lowest BCUT2D eigenvalue weighted by molar-refractivity contribution is -0.140. The molecule has 0 bridgehead atoms. The van der Waals surface area contributed by atoms with E-state index in [-0.39, 0.29) is 26.1 Å². The number of esters is 2. The largest absolute Gasteiger partial charge is 0.469 e. The molecule has 10 heteroatoms. The van der Waals surface area contributed by atoms with E-state index < -0.39 is 24.1 Å². The molecule has 0 aliphatic rings. The minimum Gasteiger partial charge on any atom is -0.469 e. The van der Waals surface area contributed by atoms with Gasteiger partial charge in [-0.1, -0.05) is 60.7 Å². The predicted octanol–water partition coefficient (Wildman–Crippen LogP) is 6.01. The zero-order chi connectivity index (χ0) is 31.4. The van der Waals surface area contributed by atoms with E-state index in [9.17, 15) is 19.2 Å². The van der Waals surface area contributed by atoms with Crippen LogP contribution in [0.2, 0.25) is 0 Å². The van der Waals surface area contributed by atoms with Crippen LogP contribution in [0.25, 0.3) is 21.8 Å². The van der Waals surface area contributed by atoms with Crippen molar-refractivity contribution >= 4 is 45.9 Å². The van der Waals surface area contributed by atoms with E-state index in [1.807, 2.05) is 60.7 Å². The third-order valence-electron chi connectivity index (χ3n) is 7.66. The van der Waals surface area contributed by atoms with Crippen LogP contribution < -0.4 is 0 Å². The maximum Gasteiger partial charge on any atom is 0.419 e. The van der Waals surface area contributed by atoms with Gasteiger partial charge in [-0.2, -0.15) is 0 Å². The van der Waals surface area contributed by atoms with Crippen LogP contribution in [0, 0.1) is 13.8 Å². The summed E-state index contributed by atoms with van der Waals surface area (Å²) in [4.78, 5) is 52.0. The van der Waals surface area contributed by atoms with Crippen molar-refractivity contribution < 1.29 is 38.1 Å². The summed E-state index contributed by atoms with van der Waals surface area (Å²) in [5.74, 6) is -0.991. The second kappa shape index (κ2) is 12.9. The number of ether oxygens (including phenoxy) is 4. The molecular formula is C34H32N2O8. The minimum atomic E-state index is -0.639. The molecule has 226 valence electrons. The van der Waals surface area contributed by atoms with Gasteiger partial charge in [-0.05, 0) is 48.2 Å². The number of hydrogen-bond donors (Lipinski definition) is 0. The molecule has 0 spiro atoms. The molecule has 2 heterocycles. The molecule has 3 aromatic carbocycles. The maximum absolute atomic E-state index is 13.5. The molecule has 0 saturated heterocycles. The van der Waals surface area contributed by atoms with Gasteiger partial charge in [0.05, 0.1) is 38.1 Å². The van der Waals surface area contributed by atoms with Gasteiger partial charge in [0.1, 0.15) is 13.2 Å². The zero-order valence-electron chi connectivity index (χ0n) is 24.9. The third kappa shape index (κ3) is 5.92. The first-order chi connectivity index (χ1) is 21.2. The highest BCUT2D eigenvalue weighted by molar-refractivity contribution is 6.07. The molecule has 44 heavy (non-hydrogen) atoms. The van der Waals surface area contributed by atoms with E-state index in [1.165, 1.54) is 23.4 Å². The number of nitrogens with zero attached hydrogens (tertiary/aromatic N) is 2. The van der Waals surface area contributed by atoms with Crippen LogP contribution in [0.5, 0.6) is 0 Å². The summed E-state index contributed by atoms with van der Waals surface area (Å²) in [6.07, 6.45) is -1.51. The summed E-state index contributed by atoms with van der Waals surface area (Å²) in [5.41, 5.74) is 4.59. The molecule has 0 amide bonds. The monoisotopic (exact) mass is 596 g/mol. The van der Waals surface area contributed by atoms with Gasteiger partial charge in [0.15, 0.2) is 0 Å². The van der Waals surface area contributed by atoms with Crippen molar-refractivity contribution in [2.45, 2.75) is 39.9 Å². The molecule has 10 nitrogen and oxygen atoms in total. The van der Waals surface area contributed by atoms with E-state index in [0.717, 1.165) is 11.1 Å². The highest BCUT2D eigenvalue weighted by atomic mass is 16.6. The zero-order valence-corrected chi connectivity index (χ0v) is 24.9. The number of rotatable bonds is 8. The molecule has 0 radical (unpaired) electrons. The van der Waals surface area contributed by atoms with Crippen molar-refractivity contribution in [1.82, 2.24) is 9.13 Å². The van der Waals surface area contributed by atoms with Crippen molar-refractivity contribution in [2.24, 2.45) is 0 Å². The minimum absolute atomic E-state index is 0.0453. The van der Waals surface area contributed by atoms with E-state index in [1.54, 1.807) is 26.0 Å². The van der Waals surface area contributed by atoms with E-state index in [0.29, 0.717) is 44.3 Å². The Kier molecular flexibility index (Phi) is 8.80. The number of fused-ring (bicyclic) bond motifs is 2. The summed E-state index contributed by atoms with van der Waals surface area (Å²) in [6, 6.07) is 22.0. The molecule has 0 fully saturated rings. The molecule has 0 N–H and O–H groups in total. The Balaban J connectivity index is 1.67. The van der Waals surface area contributed by atoms with Gasteiger partial charge >= 0.3 is 24.1 Å². The Morgan fingerprint density at radius 2 is 0.955 bits per heavy atom. The van der Waals surface area contributed by atoms with Gasteiger partial charge < -0.3 is 18.9 Å². The molecule has 0 aliphatic carbocycles. The Bertz CT molecular complexity index is 1730. The number of hydrogen-bond acceptors (Lipinski definition) is 8. The fraction of sp³-hybridized carbons (Fsp3) is 0.235. The van der Waals surface area contributed by atoms with Crippen LogP contribution in [0.3, 0.4) is 0 Å². The van der Waals surface area contributed by atoms with Crippen molar-refractivity contribution in [2.75, 3.05) is 14.2 Å². The highest BCUT2D eigenvalue weighted by Gasteiger charge is 2.27. The lowest BCUT2D eigenvalue weighted by atomic mass is 10.0. The molecule has 0 atom stereocenters. The van der Waals surface area contributed by atoms with Gasteiger partial charge in [-0.25, -0.2) is 18.7 Å². The Labute approximate surface area is 253 Å². The fourth-order valence-electron chi connectivity index (χ4n) is 5.37. The first kappa shape index (κ1) is 30.1. The lowest BCUT2D eigenvalue weighted by Crippen LogP contribution is -2.16. The number of aromatic nitrogens is 2. The van der Waals surface area contributed by atoms with Crippen molar-refractivity contribution in [3.05, 3.63) is 106 Å². The van der Waals surface area contributed by atoms with E-state index in [2.05, 4.69) is 0 Å². The maximum atomic E-state index is 13.5. The van der Waals surface area contributed by atoms with Crippen molar-refractivity contribution in [3.8, 4) is 0 Å². The smallest absolute Gasteiger partial charge is 0.419 e. The van der Waals surface area contributed by atoms with Gasteiger partial charge in [-0.3, -0.25) is 9.59 Å². The number of carbonyl (C=O) groups is 4. The average molecular weight is 597 g/mol. The quantitative estimate of drug-likeness (QED) is 0.158. The number of benzene rings is 3. The van der Waals surface area contributed by atoms with E-state index in [4.69, 9.17) is 18.9 Å². The van der Waals surface area contributed by atoms with Crippen LogP contribution in [0.4, 0.5) is 9.59 Å². The van der Waals surface area contributed by atoms with Crippen LogP contribution >= 0.6 is 0 Å². The third-order valence-corrected chi connectivity index (χ3v) is 7.66. The topological polar surface area (TPSA) is 115 Å². The van der Waals surface area contributed by atoms with Crippen molar-refractivity contribution in [3.63, 3.8) is 0 Å². The summed E-state index contributed by atoms with van der Waals surface area (Å²) >= 11 is 0. The van der Waals surface area contributed by atoms with Crippen LogP contribution in [0.1, 0.15) is 33.6 Å². The molecule has 2 aromatic heterocycles.